The minimum Gasteiger partial charge on any atom is -0.477 e. The molecule has 0 aromatic carbocycles. The Kier molecular flexibility index (Phi) is 9.47. The first kappa shape index (κ1) is 27.0. The van der Waals surface area contributed by atoms with Crippen LogP contribution in [-0.4, -0.2) is 35.6 Å². The fourth-order valence-corrected chi connectivity index (χ4v) is 6.47. The summed E-state index contributed by atoms with van der Waals surface area (Å²) in [4.78, 5) is 16.3. The van der Waals surface area contributed by atoms with E-state index in [0.717, 1.165) is 48.3 Å². The molecule has 3 nitrogen and oxygen atoms in total. The number of carbonyl (C=O) groups is 1. The van der Waals surface area contributed by atoms with Crippen molar-refractivity contribution in [3.63, 3.8) is 0 Å². The molecule has 3 rings (SSSR count). The van der Waals surface area contributed by atoms with Gasteiger partial charge < -0.3 is 5.11 Å². The summed E-state index contributed by atoms with van der Waals surface area (Å²) in [6.45, 7) is 16.3. The van der Waals surface area contributed by atoms with E-state index in [2.05, 4.69) is 64.3 Å². The molecular formula is C30H45NO2S. The Balaban J connectivity index is 2.01. The van der Waals surface area contributed by atoms with Crippen LogP contribution in [0.4, 0.5) is 0 Å². The molecular weight excluding hydrogens is 438 g/mol. The SMILES string of the molecule is CCCC(CC)CN1CCC(C2CCC(C)CC2)=C(c2cc(C#CC(C)(C)C)sc2C(=O)O)C1. The summed E-state index contributed by atoms with van der Waals surface area (Å²) in [5, 5.41) is 10.1. The average Bonchev–Trinajstić information content (AvgIpc) is 3.22. The Morgan fingerprint density at radius 2 is 1.94 bits per heavy atom. The third-order valence-corrected chi connectivity index (χ3v) is 8.62. The maximum atomic E-state index is 12.3. The zero-order valence-corrected chi connectivity index (χ0v) is 23.1. The van der Waals surface area contributed by atoms with E-state index in [-0.39, 0.29) is 5.41 Å². The molecule has 4 heteroatoms. The van der Waals surface area contributed by atoms with Crippen LogP contribution in [0, 0.1) is 35.0 Å². The van der Waals surface area contributed by atoms with E-state index in [1.54, 1.807) is 5.57 Å². The van der Waals surface area contributed by atoms with Crippen molar-refractivity contribution in [2.24, 2.45) is 23.2 Å². The Labute approximate surface area is 212 Å². The fraction of sp³-hybridized carbons (Fsp3) is 0.700. The summed E-state index contributed by atoms with van der Waals surface area (Å²) >= 11 is 1.35. The molecule has 1 atom stereocenters. The maximum absolute atomic E-state index is 12.3. The number of carboxylic acid groups (broad SMARTS) is 1. The van der Waals surface area contributed by atoms with E-state index in [4.69, 9.17) is 0 Å². The van der Waals surface area contributed by atoms with Gasteiger partial charge in [-0.2, -0.15) is 0 Å². The first-order valence-electron chi connectivity index (χ1n) is 13.5. The van der Waals surface area contributed by atoms with Gasteiger partial charge in [-0.3, -0.25) is 4.90 Å². The lowest BCUT2D eigenvalue weighted by Gasteiger charge is -2.38. The Morgan fingerprint density at radius 3 is 2.53 bits per heavy atom. The lowest BCUT2D eigenvalue weighted by Crippen LogP contribution is -2.36. The van der Waals surface area contributed by atoms with Crippen LogP contribution >= 0.6 is 11.3 Å². The number of carboxylic acids is 1. The predicted octanol–water partition coefficient (Wildman–Crippen LogP) is 7.96. The van der Waals surface area contributed by atoms with E-state index in [1.165, 1.54) is 61.9 Å². The van der Waals surface area contributed by atoms with Crippen LogP contribution in [0.15, 0.2) is 11.6 Å². The van der Waals surface area contributed by atoms with Crippen molar-refractivity contribution in [2.45, 2.75) is 92.9 Å². The zero-order valence-electron chi connectivity index (χ0n) is 22.3. The molecule has 1 N–H and O–H groups in total. The van der Waals surface area contributed by atoms with Crippen molar-refractivity contribution >= 4 is 22.9 Å². The molecule has 0 radical (unpaired) electrons. The summed E-state index contributed by atoms with van der Waals surface area (Å²) in [7, 11) is 0. The van der Waals surface area contributed by atoms with E-state index in [0.29, 0.717) is 10.8 Å². The highest BCUT2D eigenvalue weighted by Gasteiger charge is 2.31. The van der Waals surface area contributed by atoms with Crippen LogP contribution in [-0.2, 0) is 0 Å². The van der Waals surface area contributed by atoms with Gasteiger partial charge in [-0.15, -0.1) is 11.3 Å². The molecule has 34 heavy (non-hydrogen) atoms. The van der Waals surface area contributed by atoms with Crippen LogP contribution in [0.2, 0.25) is 0 Å². The smallest absolute Gasteiger partial charge is 0.346 e. The summed E-state index contributed by atoms with van der Waals surface area (Å²) < 4.78 is 0. The standard InChI is InChI=1S/C30H45NO2S/c1-7-9-22(8-2)19-31-17-15-25(23-12-10-21(3)11-13-23)27(20-31)26-18-24(14-16-30(4,5)6)34-28(26)29(32)33/h18,21-23H,7-13,15,17,19-20H2,1-6H3,(H,32,33). The molecule has 188 valence electrons. The van der Waals surface area contributed by atoms with Crippen molar-refractivity contribution in [3.8, 4) is 11.8 Å². The summed E-state index contributed by atoms with van der Waals surface area (Å²) in [6, 6.07) is 2.08. The monoisotopic (exact) mass is 483 g/mol. The first-order valence-corrected chi connectivity index (χ1v) is 14.3. The second-order valence-corrected chi connectivity index (χ2v) is 12.7. The Bertz CT molecular complexity index is 931. The van der Waals surface area contributed by atoms with E-state index >= 15 is 0 Å². The molecule has 1 aromatic heterocycles. The van der Waals surface area contributed by atoms with Gasteiger partial charge in [-0.25, -0.2) is 4.79 Å². The summed E-state index contributed by atoms with van der Waals surface area (Å²) in [5.41, 5.74) is 3.68. The highest BCUT2D eigenvalue weighted by molar-refractivity contribution is 7.14. The molecule has 0 saturated heterocycles. The molecule has 1 saturated carbocycles. The second-order valence-electron chi connectivity index (χ2n) is 11.7. The molecule has 1 aromatic rings. The van der Waals surface area contributed by atoms with Gasteiger partial charge in [0.25, 0.3) is 0 Å². The number of aromatic carboxylic acids is 1. The van der Waals surface area contributed by atoms with Crippen LogP contribution in [0.5, 0.6) is 0 Å². The van der Waals surface area contributed by atoms with E-state index in [1.807, 2.05) is 0 Å². The van der Waals surface area contributed by atoms with Crippen molar-refractivity contribution in [2.75, 3.05) is 19.6 Å². The van der Waals surface area contributed by atoms with Gasteiger partial charge in [0.05, 0.1) is 4.88 Å². The highest BCUT2D eigenvalue weighted by atomic mass is 32.1. The number of hydrogen-bond acceptors (Lipinski definition) is 3. The van der Waals surface area contributed by atoms with Gasteiger partial charge in [-0.05, 0) is 75.8 Å². The number of hydrogen-bond donors (Lipinski definition) is 1. The predicted molar refractivity (Wildman–Crippen MR) is 145 cm³/mol. The number of rotatable bonds is 8. The normalized spacial score (nSPS) is 22.9. The van der Waals surface area contributed by atoms with Crippen LogP contribution in [0.25, 0.3) is 5.57 Å². The maximum Gasteiger partial charge on any atom is 0.346 e. The molecule has 2 aliphatic rings. The largest absolute Gasteiger partial charge is 0.477 e. The van der Waals surface area contributed by atoms with Gasteiger partial charge in [0.15, 0.2) is 0 Å². The third-order valence-electron chi connectivity index (χ3n) is 7.58. The van der Waals surface area contributed by atoms with Crippen molar-refractivity contribution in [1.82, 2.24) is 4.90 Å². The van der Waals surface area contributed by atoms with Gasteiger partial charge in [-0.1, -0.05) is 63.9 Å². The second kappa shape index (κ2) is 11.9. The molecule has 1 aliphatic heterocycles. The van der Waals surface area contributed by atoms with Gasteiger partial charge >= 0.3 is 5.97 Å². The number of thiophene rings is 1. The summed E-state index contributed by atoms with van der Waals surface area (Å²) in [6.07, 6.45) is 9.85. The summed E-state index contributed by atoms with van der Waals surface area (Å²) in [5.74, 6) is 7.90. The van der Waals surface area contributed by atoms with Gasteiger partial charge in [0.2, 0.25) is 0 Å². The lowest BCUT2D eigenvalue weighted by atomic mass is 9.75. The highest BCUT2D eigenvalue weighted by Crippen LogP contribution is 2.42. The molecule has 0 spiro atoms. The van der Waals surface area contributed by atoms with Crippen LogP contribution < -0.4 is 0 Å². The molecule has 1 unspecified atom stereocenters. The molecule has 1 fully saturated rings. The van der Waals surface area contributed by atoms with Gasteiger partial charge in [0, 0.05) is 30.6 Å². The van der Waals surface area contributed by atoms with E-state index in [9.17, 15) is 9.90 Å². The number of nitrogens with zero attached hydrogens (tertiary/aromatic N) is 1. The van der Waals surface area contributed by atoms with Crippen molar-refractivity contribution in [1.29, 1.82) is 0 Å². The fourth-order valence-electron chi connectivity index (χ4n) is 5.59. The third kappa shape index (κ3) is 7.22. The average molecular weight is 484 g/mol. The van der Waals surface area contributed by atoms with E-state index < -0.39 is 5.97 Å². The topological polar surface area (TPSA) is 40.5 Å². The van der Waals surface area contributed by atoms with Gasteiger partial charge in [0.1, 0.15) is 4.88 Å². The Hall–Kier alpha value is -1.57. The van der Waals surface area contributed by atoms with Crippen LogP contribution in [0.1, 0.15) is 113 Å². The molecule has 1 aliphatic carbocycles. The first-order chi connectivity index (χ1) is 16.1. The molecule has 2 heterocycles. The van der Waals surface area contributed by atoms with Crippen molar-refractivity contribution in [3.05, 3.63) is 27.0 Å². The molecule has 0 bridgehead atoms. The lowest BCUT2D eigenvalue weighted by molar-refractivity contribution is 0.0701. The quantitative estimate of drug-likeness (QED) is 0.381. The minimum absolute atomic E-state index is 0.104. The zero-order chi connectivity index (χ0) is 24.9. The Morgan fingerprint density at radius 1 is 1.24 bits per heavy atom. The molecule has 0 amide bonds. The van der Waals surface area contributed by atoms with Crippen LogP contribution in [0.3, 0.4) is 0 Å². The van der Waals surface area contributed by atoms with Crippen molar-refractivity contribution < 1.29 is 9.90 Å². The minimum atomic E-state index is -0.817.